The molecule has 0 aromatic rings. The van der Waals surface area contributed by atoms with Crippen molar-refractivity contribution in [3.63, 3.8) is 0 Å². The number of esters is 1. The number of hydrogen-bond donors (Lipinski definition) is 0. The molecule has 2 heteroatoms. The number of carbonyl (C=O) groups excluding carboxylic acids is 1. The van der Waals surface area contributed by atoms with Gasteiger partial charge in [-0.3, -0.25) is 4.79 Å². The van der Waals surface area contributed by atoms with E-state index in [1.165, 1.54) is 25.7 Å². The van der Waals surface area contributed by atoms with Crippen LogP contribution in [0.4, 0.5) is 0 Å². The van der Waals surface area contributed by atoms with Gasteiger partial charge in [-0.15, -0.1) is 0 Å². The second-order valence-corrected chi connectivity index (χ2v) is 5.77. The molecular formula is C16H32O2. The molecule has 108 valence electrons. The average molecular weight is 256 g/mol. The first-order chi connectivity index (χ1) is 8.60. The highest BCUT2D eigenvalue weighted by Crippen LogP contribution is 2.18. The monoisotopic (exact) mass is 256 g/mol. The van der Waals surface area contributed by atoms with Crippen LogP contribution in [-0.4, -0.2) is 12.6 Å². The lowest BCUT2D eigenvalue weighted by molar-refractivity contribution is -0.145. The fourth-order valence-electron chi connectivity index (χ4n) is 2.09. The van der Waals surface area contributed by atoms with Crippen molar-refractivity contribution in [2.45, 2.75) is 79.1 Å². The van der Waals surface area contributed by atoms with E-state index in [0.717, 1.165) is 25.2 Å². The summed E-state index contributed by atoms with van der Waals surface area (Å²) in [6, 6.07) is 0. The van der Waals surface area contributed by atoms with Crippen molar-refractivity contribution in [1.82, 2.24) is 0 Å². The normalized spacial score (nSPS) is 12.7. The minimum absolute atomic E-state index is 0.00546. The lowest BCUT2D eigenvalue weighted by Gasteiger charge is -2.17. The average Bonchev–Trinajstić information content (AvgIpc) is 2.33. The Bertz CT molecular complexity index is 199. The maximum absolute atomic E-state index is 11.5. The van der Waals surface area contributed by atoms with Crippen LogP contribution < -0.4 is 0 Å². The summed E-state index contributed by atoms with van der Waals surface area (Å²) in [6.07, 6.45) is 8.62. The van der Waals surface area contributed by atoms with Gasteiger partial charge in [0.25, 0.3) is 0 Å². The molecular weight excluding hydrogens is 224 g/mol. The first-order valence-electron chi connectivity index (χ1n) is 7.75. The molecule has 1 unspecified atom stereocenters. The van der Waals surface area contributed by atoms with Crippen molar-refractivity contribution in [2.75, 3.05) is 6.61 Å². The summed E-state index contributed by atoms with van der Waals surface area (Å²) in [5, 5.41) is 0. The highest BCUT2D eigenvalue weighted by molar-refractivity contribution is 5.69. The van der Waals surface area contributed by atoms with Crippen molar-refractivity contribution >= 4 is 5.97 Å². The van der Waals surface area contributed by atoms with Gasteiger partial charge >= 0.3 is 5.97 Å². The quantitative estimate of drug-likeness (QED) is 0.385. The Morgan fingerprint density at radius 1 is 1.00 bits per heavy atom. The SMILES string of the molecule is CCCCCC(=O)OCC(CCC)CCC(C)C. The Kier molecular flexibility index (Phi) is 11.2. The Morgan fingerprint density at radius 2 is 1.72 bits per heavy atom. The molecule has 0 N–H and O–H groups in total. The largest absolute Gasteiger partial charge is 0.465 e. The molecule has 0 aromatic carbocycles. The van der Waals surface area contributed by atoms with Crippen molar-refractivity contribution in [2.24, 2.45) is 11.8 Å². The molecule has 0 aliphatic rings. The molecule has 0 saturated carbocycles. The van der Waals surface area contributed by atoms with Crippen LogP contribution in [0.2, 0.25) is 0 Å². The number of rotatable bonds is 11. The lowest BCUT2D eigenvalue weighted by atomic mass is 9.95. The van der Waals surface area contributed by atoms with E-state index in [1.807, 2.05) is 0 Å². The van der Waals surface area contributed by atoms with E-state index in [-0.39, 0.29) is 5.97 Å². The molecule has 18 heavy (non-hydrogen) atoms. The van der Waals surface area contributed by atoms with E-state index < -0.39 is 0 Å². The van der Waals surface area contributed by atoms with Crippen molar-refractivity contribution in [3.05, 3.63) is 0 Å². The van der Waals surface area contributed by atoms with Gasteiger partial charge in [0.1, 0.15) is 0 Å². The van der Waals surface area contributed by atoms with Gasteiger partial charge in [-0.05, 0) is 31.1 Å². The van der Waals surface area contributed by atoms with E-state index in [2.05, 4.69) is 27.7 Å². The summed E-state index contributed by atoms with van der Waals surface area (Å²) in [6.45, 7) is 9.48. The highest BCUT2D eigenvalue weighted by Gasteiger charge is 2.12. The predicted molar refractivity (Wildman–Crippen MR) is 77.6 cm³/mol. The van der Waals surface area contributed by atoms with E-state index in [0.29, 0.717) is 18.9 Å². The van der Waals surface area contributed by atoms with Crippen LogP contribution in [0.1, 0.15) is 79.1 Å². The summed E-state index contributed by atoms with van der Waals surface area (Å²) in [4.78, 5) is 11.5. The van der Waals surface area contributed by atoms with Crippen LogP contribution in [0.25, 0.3) is 0 Å². The number of carbonyl (C=O) groups is 1. The Morgan fingerprint density at radius 3 is 2.28 bits per heavy atom. The summed E-state index contributed by atoms with van der Waals surface area (Å²) in [5.74, 6) is 1.30. The third kappa shape index (κ3) is 10.6. The first kappa shape index (κ1) is 17.5. The van der Waals surface area contributed by atoms with Gasteiger partial charge in [0, 0.05) is 6.42 Å². The zero-order valence-corrected chi connectivity index (χ0v) is 12.8. The fraction of sp³-hybridized carbons (Fsp3) is 0.938. The molecule has 0 aliphatic heterocycles. The van der Waals surface area contributed by atoms with Crippen LogP contribution in [0.3, 0.4) is 0 Å². The second-order valence-electron chi connectivity index (χ2n) is 5.77. The van der Waals surface area contributed by atoms with Crippen LogP contribution >= 0.6 is 0 Å². The van der Waals surface area contributed by atoms with Crippen molar-refractivity contribution in [3.8, 4) is 0 Å². The zero-order valence-electron chi connectivity index (χ0n) is 12.8. The molecule has 0 radical (unpaired) electrons. The third-order valence-electron chi connectivity index (χ3n) is 3.31. The van der Waals surface area contributed by atoms with Gasteiger partial charge in [0.05, 0.1) is 6.61 Å². The van der Waals surface area contributed by atoms with E-state index in [9.17, 15) is 4.79 Å². The molecule has 0 spiro atoms. The number of hydrogen-bond acceptors (Lipinski definition) is 2. The maximum Gasteiger partial charge on any atom is 0.305 e. The van der Waals surface area contributed by atoms with Crippen LogP contribution in [0.15, 0.2) is 0 Å². The van der Waals surface area contributed by atoms with Gasteiger partial charge in [-0.25, -0.2) is 0 Å². The molecule has 0 bridgehead atoms. The molecule has 0 aliphatic carbocycles. The fourth-order valence-corrected chi connectivity index (χ4v) is 2.09. The molecule has 2 nitrogen and oxygen atoms in total. The van der Waals surface area contributed by atoms with Gasteiger partial charge in [0.15, 0.2) is 0 Å². The van der Waals surface area contributed by atoms with Gasteiger partial charge < -0.3 is 4.74 Å². The van der Waals surface area contributed by atoms with E-state index in [1.54, 1.807) is 0 Å². The van der Waals surface area contributed by atoms with Gasteiger partial charge in [-0.1, -0.05) is 53.4 Å². The summed E-state index contributed by atoms with van der Waals surface area (Å²) in [7, 11) is 0. The van der Waals surface area contributed by atoms with Crippen LogP contribution in [0.5, 0.6) is 0 Å². The van der Waals surface area contributed by atoms with E-state index in [4.69, 9.17) is 4.74 Å². The Hall–Kier alpha value is -0.530. The maximum atomic E-state index is 11.5. The summed E-state index contributed by atoms with van der Waals surface area (Å²) < 4.78 is 5.40. The Labute approximate surface area is 113 Å². The van der Waals surface area contributed by atoms with Gasteiger partial charge in [-0.2, -0.15) is 0 Å². The molecule has 0 amide bonds. The molecule has 1 atom stereocenters. The second kappa shape index (κ2) is 11.6. The minimum Gasteiger partial charge on any atom is -0.465 e. The third-order valence-corrected chi connectivity index (χ3v) is 3.31. The number of unbranched alkanes of at least 4 members (excludes halogenated alkanes) is 2. The lowest BCUT2D eigenvalue weighted by Crippen LogP contribution is -2.15. The van der Waals surface area contributed by atoms with Crippen molar-refractivity contribution in [1.29, 1.82) is 0 Å². The molecule has 0 aromatic heterocycles. The molecule has 0 fully saturated rings. The summed E-state index contributed by atoms with van der Waals surface area (Å²) >= 11 is 0. The smallest absolute Gasteiger partial charge is 0.305 e. The Balaban J connectivity index is 3.76. The van der Waals surface area contributed by atoms with Crippen LogP contribution in [0, 0.1) is 11.8 Å². The standard InChI is InChI=1S/C16H32O2/c1-5-7-8-10-16(17)18-13-15(9-6-2)12-11-14(3)4/h14-15H,5-13H2,1-4H3. The van der Waals surface area contributed by atoms with E-state index >= 15 is 0 Å². The topological polar surface area (TPSA) is 26.3 Å². The van der Waals surface area contributed by atoms with Crippen molar-refractivity contribution < 1.29 is 9.53 Å². The predicted octanol–water partition coefficient (Wildman–Crippen LogP) is 4.96. The zero-order chi connectivity index (χ0) is 13.8. The van der Waals surface area contributed by atoms with Gasteiger partial charge in [0.2, 0.25) is 0 Å². The molecule has 0 rings (SSSR count). The highest BCUT2D eigenvalue weighted by atomic mass is 16.5. The van der Waals surface area contributed by atoms with Crippen LogP contribution in [-0.2, 0) is 9.53 Å². The number of ether oxygens (including phenoxy) is 1. The summed E-state index contributed by atoms with van der Waals surface area (Å²) in [5.41, 5.74) is 0. The molecule has 0 heterocycles. The minimum atomic E-state index is -0.00546. The first-order valence-corrected chi connectivity index (χ1v) is 7.75. The molecule has 0 saturated heterocycles.